The molecule has 0 aliphatic heterocycles. The van der Waals surface area contributed by atoms with Crippen LogP contribution in [0.1, 0.15) is 10.4 Å². The van der Waals surface area contributed by atoms with Crippen molar-refractivity contribution in [3.05, 3.63) is 29.8 Å². The Hall–Kier alpha value is -1.41. The molecule has 0 amide bonds. The predicted molar refractivity (Wildman–Crippen MR) is 56.7 cm³/mol. The summed E-state index contributed by atoms with van der Waals surface area (Å²) in [7, 11) is -1.75. The summed E-state index contributed by atoms with van der Waals surface area (Å²) >= 11 is 0. The minimum atomic E-state index is -4.46. The van der Waals surface area contributed by atoms with E-state index in [0.717, 1.165) is 0 Å². The Morgan fingerprint density at radius 3 is 2.28 bits per heavy atom. The molecular formula is C10H9F3O4S. The molecule has 1 N–H and O–H groups in total. The van der Waals surface area contributed by atoms with E-state index in [1.54, 1.807) is 0 Å². The Balaban J connectivity index is 2.54. The molecule has 0 saturated carbocycles. The van der Waals surface area contributed by atoms with E-state index in [2.05, 4.69) is 4.74 Å². The topological polar surface area (TPSA) is 63.6 Å². The Labute approximate surface area is 103 Å². The smallest absolute Gasteiger partial charge is 0.411 e. The number of alkyl halides is 3. The molecule has 0 aromatic heterocycles. The molecule has 18 heavy (non-hydrogen) atoms. The maximum Gasteiger partial charge on any atom is 0.411 e. The third kappa shape index (κ3) is 4.84. The first-order valence-electron chi connectivity index (χ1n) is 4.66. The van der Waals surface area contributed by atoms with E-state index in [1.807, 2.05) is 0 Å². The van der Waals surface area contributed by atoms with Crippen LogP contribution in [0.25, 0.3) is 0 Å². The number of carboxylic acid groups (broad SMARTS) is 1. The number of carbonyl (C=O) groups is 1. The second-order valence-corrected chi connectivity index (χ2v) is 4.65. The van der Waals surface area contributed by atoms with Crippen LogP contribution in [-0.2, 0) is 15.5 Å². The van der Waals surface area contributed by atoms with E-state index < -0.39 is 35.5 Å². The van der Waals surface area contributed by atoms with Crippen molar-refractivity contribution in [2.24, 2.45) is 0 Å². The largest absolute Gasteiger partial charge is 0.478 e. The molecule has 0 bridgehead atoms. The normalized spacial score (nSPS) is 13.3. The van der Waals surface area contributed by atoms with Crippen molar-refractivity contribution in [3.8, 4) is 0 Å². The number of carboxylic acids is 1. The van der Waals surface area contributed by atoms with E-state index in [4.69, 9.17) is 5.11 Å². The van der Waals surface area contributed by atoms with Crippen LogP contribution in [0.5, 0.6) is 0 Å². The fourth-order valence-corrected chi connectivity index (χ4v) is 1.86. The molecule has 1 aromatic rings. The summed E-state index contributed by atoms with van der Waals surface area (Å²) in [6.45, 7) is -1.47. The second kappa shape index (κ2) is 5.96. The lowest BCUT2D eigenvalue weighted by Crippen LogP contribution is -2.18. The summed E-state index contributed by atoms with van der Waals surface area (Å²) < 4.78 is 51.0. The van der Waals surface area contributed by atoms with Crippen molar-refractivity contribution in [1.29, 1.82) is 0 Å². The van der Waals surface area contributed by atoms with Crippen LogP contribution in [0, 0.1) is 0 Å². The molecule has 0 heterocycles. The van der Waals surface area contributed by atoms with Gasteiger partial charge in [-0.15, -0.1) is 0 Å². The van der Waals surface area contributed by atoms with Crippen LogP contribution >= 0.6 is 0 Å². The van der Waals surface area contributed by atoms with Gasteiger partial charge in [-0.1, -0.05) is 0 Å². The summed E-state index contributed by atoms with van der Waals surface area (Å²) in [4.78, 5) is 10.7. The van der Waals surface area contributed by atoms with Crippen molar-refractivity contribution in [2.75, 3.05) is 12.5 Å². The number of hydrogen-bond acceptors (Lipinski definition) is 3. The van der Waals surface area contributed by atoms with Gasteiger partial charge in [0.2, 0.25) is 0 Å². The molecule has 1 unspecified atom stereocenters. The predicted octanol–water partition coefficient (Wildman–Crippen LogP) is 2.03. The Kier molecular flexibility index (Phi) is 4.85. The van der Waals surface area contributed by atoms with Gasteiger partial charge in [-0.2, -0.15) is 13.2 Å². The number of rotatable bonds is 5. The fraction of sp³-hybridized carbons (Fsp3) is 0.300. The zero-order valence-electron chi connectivity index (χ0n) is 8.94. The van der Waals surface area contributed by atoms with Crippen molar-refractivity contribution in [3.63, 3.8) is 0 Å². The molecule has 8 heteroatoms. The van der Waals surface area contributed by atoms with Gasteiger partial charge in [0.1, 0.15) is 12.5 Å². The molecule has 1 aromatic carbocycles. The molecule has 1 atom stereocenters. The highest BCUT2D eigenvalue weighted by atomic mass is 32.2. The lowest BCUT2D eigenvalue weighted by atomic mass is 10.2. The molecule has 100 valence electrons. The molecule has 0 saturated heterocycles. The van der Waals surface area contributed by atoms with E-state index in [0.29, 0.717) is 0 Å². The van der Waals surface area contributed by atoms with Crippen LogP contribution < -0.4 is 0 Å². The van der Waals surface area contributed by atoms with Crippen LogP contribution in [0.3, 0.4) is 0 Å². The number of aromatic carboxylic acids is 1. The first-order chi connectivity index (χ1) is 8.29. The quantitative estimate of drug-likeness (QED) is 0.897. The zero-order valence-corrected chi connectivity index (χ0v) is 9.75. The van der Waals surface area contributed by atoms with E-state index in [9.17, 15) is 22.2 Å². The number of benzene rings is 1. The molecule has 0 spiro atoms. The van der Waals surface area contributed by atoms with Crippen LogP contribution in [0.4, 0.5) is 13.2 Å². The average Bonchev–Trinajstić information content (AvgIpc) is 2.27. The highest BCUT2D eigenvalue weighted by molar-refractivity contribution is 7.84. The van der Waals surface area contributed by atoms with Gasteiger partial charge >= 0.3 is 12.1 Å². The van der Waals surface area contributed by atoms with Gasteiger partial charge in [0.25, 0.3) is 0 Å². The highest BCUT2D eigenvalue weighted by Gasteiger charge is 2.27. The summed E-state index contributed by atoms with van der Waals surface area (Å²) in [5, 5.41) is 8.62. The van der Waals surface area contributed by atoms with Gasteiger partial charge in [-0.3, -0.25) is 4.21 Å². The third-order valence-electron chi connectivity index (χ3n) is 1.82. The van der Waals surface area contributed by atoms with Crippen molar-refractivity contribution < 1.29 is 32.0 Å². The minimum absolute atomic E-state index is 0.00644. The Morgan fingerprint density at radius 1 is 1.28 bits per heavy atom. The molecule has 0 aliphatic rings. The van der Waals surface area contributed by atoms with Crippen molar-refractivity contribution >= 4 is 16.8 Å². The number of hydrogen-bond donors (Lipinski definition) is 1. The average molecular weight is 282 g/mol. The third-order valence-corrected chi connectivity index (χ3v) is 3.00. The maximum absolute atomic E-state index is 11.8. The van der Waals surface area contributed by atoms with Gasteiger partial charge in [-0.25, -0.2) is 4.79 Å². The molecule has 0 fully saturated rings. The van der Waals surface area contributed by atoms with Gasteiger partial charge in [-0.05, 0) is 24.3 Å². The first-order valence-corrected chi connectivity index (χ1v) is 5.98. The molecule has 0 radical (unpaired) electrons. The molecule has 0 aliphatic carbocycles. The summed E-state index contributed by atoms with van der Waals surface area (Å²) in [6.07, 6.45) is -4.46. The minimum Gasteiger partial charge on any atom is -0.478 e. The van der Waals surface area contributed by atoms with Crippen molar-refractivity contribution in [2.45, 2.75) is 11.1 Å². The molecule has 1 rings (SSSR count). The SMILES string of the molecule is O=C(O)c1ccc(S(=O)COCC(F)(F)F)cc1. The summed E-state index contributed by atoms with van der Waals surface area (Å²) in [6, 6.07) is 4.99. The molecule has 4 nitrogen and oxygen atoms in total. The zero-order chi connectivity index (χ0) is 13.8. The lowest BCUT2D eigenvalue weighted by molar-refractivity contribution is -0.169. The monoisotopic (exact) mass is 282 g/mol. The Bertz CT molecular complexity index is 441. The highest BCUT2D eigenvalue weighted by Crippen LogP contribution is 2.15. The van der Waals surface area contributed by atoms with Crippen LogP contribution in [-0.4, -0.2) is 34.0 Å². The van der Waals surface area contributed by atoms with E-state index in [1.165, 1.54) is 24.3 Å². The van der Waals surface area contributed by atoms with Gasteiger partial charge < -0.3 is 9.84 Å². The standard InChI is InChI=1S/C10H9F3O4S/c11-10(12,13)5-17-6-18(16)8-3-1-7(2-4-8)9(14)15/h1-4H,5-6H2,(H,14,15). The summed E-state index contributed by atoms with van der Waals surface area (Å²) in [5.41, 5.74) is 0.00644. The number of halogens is 3. The van der Waals surface area contributed by atoms with E-state index in [-0.39, 0.29) is 10.5 Å². The van der Waals surface area contributed by atoms with Crippen LogP contribution in [0.2, 0.25) is 0 Å². The summed E-state index contributed by atoms with van der Waals surface area (Å²) in [5.74, 6) is -1.73. The van der Waals surface area contributed by atoms with Crippen LogP contribution in [0.15, 0.2) is 29.2 Å². The maximum atomic E-state index is 11.8. The van der Waals surface area contributed by atoms with Crippen molar-refractivity contribution in [1.82, 2.24) is 0 Å². The Morgan fingerprint density at radius 2 is 1.83 bits per heavy atom. The van der Waals surface area contributed by atoms with Gasteiger partial charge in [0.15, 0.2) is 0 Å². The first kappa shape index (κ1) is 14.7. The fourth-order valence-electron chi connectivity index (χ4n) is 1.05. The van der Waals surface area contributed by atoms with Gasteiger partial charge in [0, 0.05) is 4.90 Å². The van der Waals surface area contributed by atoms with Gasteiger partial charge in [0.05, 0.1) is 16.4 Å². The molecular weight excluding hydrogens is 273 g/mol. The van der Waals surface area contributed by atoms with E-state index >= 15 is 0 Å². The number of ether oxygens (including phenoxy) is 1. The second-order valence-electron chi connectivity index (χ2n) is 3.26. The lowest BCUT2D eigenvalue weighted by Gasteiger charge is -2.07.